The molecule has 1 aliphatic carbocycles. The summed E-state index contributed by atoms with van der Waals surface area (Å²) in [7, 11) is -5.89. The lowest BCUT2D eigenvalue weighted by atomic mass is 9.91. The zero-order chi connectivity index (χ0) is 28.1. The normalized spacial score (nSPS) is 20.5. The van der Waals surface area contributed by atoms with E-state index in [1.165, 1.54) is 17.0 Å². The molecule has 0 spiro atoms. The molecule has 1 amide bonds. The van der Waals surface area contributed by atoms with Gasteiger partial charge < -0.3 is 18.6 Å². The van der Waals surface area contributed by atoms with Gasteiger partial charge in [-0.3, -0.25) is 0 Å². The number of hydrogen-bond donors (Lipinski definition) is 0. The second-order valence-corrected chi connectivity index (χ2v) is 11.6. The van der Waals surface area contributed by atoms with Crippen LogP contribution in [-0.4, -0.2) is 50.7 Å². The van der Waals surface area contributed by atoms with E-state index < -0.39 is 39.6 Å². The summed E-state index contributed by atoms with van der Waals surface area (Å²) in [6, 6.07) is 19.7. The number of halogens is 3. The molecular weight excluding hydrogens is 547 g/mol. The molecule has 0 bridgehead atoms. The van der Waals surface area contributed by atoms with E-state index >= 15 is 0 Å². The predicted octanol–water partition coefficient (Wildman–Crippen LogP) is 5.94. The van der Waals surface area contributed by atoms with Gasteiger partial charge in [0.25, 0.3) is 0 Å². The van der Waals surface area contributed by atoms with Gasteiger partial charge in [0.05, 0.1) is 12.6 Å². The summed E-state index contributed by atoms with van der Waals surface area (Å²) < 4.78 is 79.3. The van der Waals surface area contributed by atoms with E-state index in [0.29, 0.717) is 31.4 Å². The lowest BCUT2D eigenvalue weighted by Crippen LogP contribution is -2.42. The van der Waals surface area contributed by atoms with Gasteiger partial charge in [0.2, 0.25) is 0 Å². The van der Waals surface area contributed by atoms with Gasteiger partial charge in [0, 0.05) is 18.0 Å². The van der Waals surface area contributed by atoms with Crippen LogP contribution >= 0.6 is 0 Å². The molecule has 1 fully saturated rings. The average Bonchev–Trinajstić information content (AvgIpc) is 3.54. The van der Waals surface area contributed by atoms with Crippen LogP contribution in [-0.2, 0) is 26.0 Å². The quantitative estimate of drug-likeness (QED) is 0.278. The minimum absolute atomic E-state index is 0.121. The number of nitrogens with zero attached hydrogens (tertiary/aromatic N) is 1. The van der Waals surface area contributed by atoms with Gasteiger partial charge in [-0.15, -0.1) is 0 Å². The molecule has 7 nitrogen and oxygen atoms in total. The molecular formula is C29H26F3NO6S. The summed E-state index contributed by atoms with van der Waals surface area (Å²) in [6.45, 7) is 0.763. The van der Waals surface area contributed by atoms with Crippen molar-refractivity contribution in [1.29, 1.82) is 0 Å². The summed E-state index contributed by atoms with van der Waals surface area (Å²) in [4.78, 5) is 14.9. The van der Waals surface area contributed by atoms with Gasteiger partial charge in [-0.05, 0) is 53.1 Å². The maximum absolute atomic E-state index is 13.4. The Bertz CT molecular complexity index is 1510. The standard InChI is InChI=1S/C29H26F3NO6S/c30-29(31,32)40(35,36)39-25-13-5-7-18-14-16-37-27(26(18)25)24-12-6-15-33(24)28(34)38-17-23-21-10-3-1-8-19(21)20-9-2-4-11-22(20)23/h1-5,7-11,13,23-24,27H,6,12,14-17H2/t24-,27+/m0/s1. The molecule has 0 radical (unpaired) electrons. The first-order valence-corrected chi connectivity index (χ1v) is 14.4. The van der Waals surface area contributed by atoms with Crippen molar-refractivity contribution >= 4 is 16.2 Å². The molecule has 40 heavy (non-hydrogen) atoms. The highest BCUT2D eigenvalue weighted by Crippen LogP contribution is 2.45. The van der Waals surface area contributed by atoms with Crippen LogP contribution in [0.25, 0.3) is 11.1 Å². The fraction of sp³-hybridized carbons (Fsp3) is 0.345. The molecule has 3 aromatic rings. The largest absolute Gasteiger partial charge is 0.534 e. The number of benzene rings is 3. The third-order valence-electron chi connectivity index (χ3n) is 7.81. The summed E-state index contributed by atoms with van der Waals surface area (Å²) in [6.07, 6.45) is 0.0859. The fourth-order valence-corrected chi connectivity index (χ4v) is 6.54. The van der Waals surface area contributed by atoms with Crippen molar-refractivity contribution in [2.45, 2.75) is 42.8 Å². The molecule has 0 aromatic heterocycles. The summed E-state index contributed by atoms with van der Waals surface area (Å²) in [5.41, 5.74) is -0.395. The number of fused-ring (bicyclic) bond motifs is 4. The highest BCUT2D eigenvalue weighted by Gasteiger charge is 2.50. The third-order valence-corrected chi connectivity index (χ3v) is 8.78. The second-order valence-electron chi connectivity index (χ2n) is 10.1. The zero-order valence-corrected chi connectivity index (χ0v) is 22.1. The van der Waals surface area contributed by atoms with Gasteiger partial charge in [0.15, 0.2) is 0 Å². The van der Waals surface area contributed by atoms with E-state index in [-0.39, 0.29) is 24.7 Å². The van der Waals surface area contributed by atoms with Gasteiger partial charge in [-0.25, -0.2) is 4.79 Å². The molecule has 1 saturated heterocycles. The lowest BCUT2D eigenvalue weighted by Gasteiger charge is -2.35. The molecule has 210 valence electrons. The molecule has 0 saturated carbocycles. The van der Waals surface area contributed by atoms with Crippen LogP contribution in [0.3, 0.4) is 0 Å². The molecule has 11 heteroatoms. The Hall–Kier alpha value is -3.57. The molecule has 3 aliphatic rings. The minimum Gasteiger partial charge on any atom is -0.448 e. The number of hydrogen-bond acceptors (Lipinski definition) is 6. The number of likely N-dealkylation sites (tertiary alicyclic amines) is 1. The second kappa shape index (κ2) is 10.1. The van der Waals surface area contributed by atoms with Gasteiger partial charge in [0.1, 0.15) is 18.5 Å². The highest BCUT2D eigenvalue weighted by atomic mass is 32.2. The summed E-state index contributed by atoms with van der Waals surface area (Å²) in [5.74, 6) is -0.574. The Morgan fingerprint density at radius 2 is 1.65 bits per heavy atom. The maximum atomic E-state index is 13.4. The van der Waals surface area contributed by atoms with E-state index in [0.717, 1.165) is 22.3 Å². The van der Waals surface area contributed by atoms with Gasteiger partial charge in [-0.1, -0.05) is 60.7 Å². The van der Waals surface area contributed by atoms with E-state index in [2.05, 4.69) is 4.18 Å². The van der Waals surface area contributed by atoms with Crippen LogP contribution < -0.4 is 4.18 Å². The van der Waals surface area contributed by atoms with Crippen LogP contribution in [0.4, 0.5) is 18.0 Å². The number of carbonyl (C=O) groups excluding carboxylic acids is 1. The molecule has 0 unspecified atom stereocenters. The lowest BCUT2D eigenvalue weighted by molar-refractivity contribution is -0.0503. The van der Waals surface area contributed by atoms with Gasteiger partial charge in [-0.2, -0.15) is 21.6 Å². The maximum Gasteiger partial charge on any atom is 0.534 e. The number of rotatable bonds is 5. The van der Waals surface area contributed by atoms with Crippen molar-refractivity contribution in [3.05, 3.63) is 89.0 Å². The number of amides is 1. The fourth-order valence-electron chi connectivity index (χ4n) is 6.06. The first-order chi connectivity index (χ1) is 19.2. The van der Waals surface area contributed by atoms with Crippen molar-refractivity contribution < 1.29 is 40.0 Å². The summed E-state index contributed by atoms with van der Waals surface area (Å²) in [5, 5.41) is 0. The van der Waals surface area contributed by atoms with Crippen LogP contribution in [0.2, 0.25) is 0 Å². The molecule has 3 aromatic carbocycles. The van der Waals surface area contributed by atoms with Crippen molar-refractivity contribution in [3.8, 4) is 16.9 Å². The molecule has 6 rings (SSSR count). The van der Waals surface area contributed by atoms with Gasteiger partial charge >= 0.3 is 21.7 Å². The summed E-state index contributed by atoms with van der Waals surface area (Å²) >= 11 is 0. The van der Waals surface area contributed by atoms with Crippen molar-refractivity contribution in [2.75, 3.05) is 19.8 Å². The smallest absolute Gasteiger partial charge is 0.448 e. The average molecular weight is 574 g/mol. The van der Waals surface area contributed by atoms with E-state index in [1.807, 2.05) is 48.5 Å². The molecule has 0 N–H and O–H groups in total. The zero-order valence-electron chi connectivity index (χ0n) is 21.3. The van der Waals surface area contributed by atoms with Crippen LogP contribution in [0, 0.1) is 0 Å². The van der Waals surface area contributed by atoms with Crippen molar-refractivity contribution in [1.82, 2.24) is 4.90 Å². The molecule has 2 aliphatic heterocycles. The van der Waals surface area contributed by atoms with E-state index in [9.17, 15) is 26.4 Å². The van der Waals surface area contributed by atoms with Crippen LogP contribution in [0.15, 0.2) is 66.7 Å². The minimum atomic E-state index is -5.89. The first kappa shape index (κ1) is 26.6. The van der Waals surface area contributed by atoms with E-state index in [1.54, 1.807) is 6.07 Å². The van der Waals surface area contributed by atoms with Crippen molar-refractivity contribution in [2.24, 2.45) is 0 Å². The number of carbonyl (C=O) groups is 1. The molecule has 2 heterocycles. The van der Waals surface area contributed by atoms with Crippen LogP contribution in [0.1, 0.15) is 47.1 Å². The third kappa shape index (κ3) is 4.60. The molecule has 2 atom stereocenters. The monoisotopic (exact) mass is 573 g/mol. The first-order valence-electron chi connectivity index (χ1n) is 13.0. The Morgan fingerprint density at radius 3 is 2.33 bits per heavy atom. The Kier molecular flexibility index (Phi) is 6.74. The highest BCUT2D eigenvalue weighted by molar-refractivity contribution is 7.88. The Balaban J connectivity index is 1.24. The Morgan fingerprint density at radius 1 is 0.975 bits per heavy atom. The van der Waals surface area contributed by atoms with E-state index in [4.69, 9.17) is 9.47 Å². The SMILES string of the molecule is O=C(OCC1c2ccccc2-c2ccccc21)N1CCC[C@H]1[C@H]1OCCc2cccc(OS(=O)(=O)C(F)(F)F)c21. The number of ether oxygens (including phenoxy) is 2. The Labute approximate surface area is 229 Å². The van der Waals surface area contributed by atoms with Crippen LogP contribution in [0.5, 0.6) is 5.75 Å². The predicted molar refractivity (Wildman–Crippen MR) is 139 cm³/mol. The topological polar surface area (TPSA) is 82.1 Å². The van der Waals surface area contributed by atoms with Crippen molar-refractivity contribution in [3.63, 3.8) is 0 Å². The number of alkyl halides is 3.